The molecule has 0 radical (unpaired) electrons. The Labute approximate surface area is 248 Å². The first-order chi connectivity index (χ1) is 22.9. The van der Waals surface area contributed by atoms with Crippen LogP contribution in [0.15, 0.2) is 138 Å². The van der Waals surface area contributed by atoms with E-state index < -0.39 is 30.2 Å². The van der Waals surface area contributed by atoms with Crippen molar-refractivity contribution in [2.45, 2.75) is 0 Å². The number of hydrogen-bond acceptors (Lipinski definition) is 5. The van der Waals surface area contributed by atoms with Gasteiger partial charge in [-0.05, 0) is 35.2 Å². The molecule has 42 heavy (non-hydrogen) atoms. The molecule has 9 rings (SSSR count). The van der Waals surface area contributed by atoms with Crippen LogP contribution in [0.5, 0.6) is 0 Å². The zero-order valence-corrected chi connectivity index (χ0v) is 22.0. The highest BCUT2D eigenvalue weighted by atomic mass is 16.3. The summed E-state index contributed by atoms with van der Waals surface area (Å²) in [6.45, 7) is 0. The normalized spacial score (nSPS) is 13.9. The fraction of sp³-hybridized carbons (Fsp3) is 0. The number of fused-ring (bicyclic) bond motifs is 5. The summed E-state index contributed by atoms with van der Waals surface area (Å²) < 4.78 is 48.8. The Hall–Kier alpha value is -5.81. The summed E-state index contributed by atoms with van der Waals surface area (Å²) in [6, 6.07) is 31.5. The van der Waals surface area contributed by atoms with Crippen molar-refractivity contribution in [2.24, 2.45) is 0 Å². The largest absolute Gasteiger partial charge is 0.455 e. The third-order valence-electron chi connectivity index (χ3n) is 7.75. The number of nitrogens with zero attached hydrogens (tertiary/aromatic N) is 4. The summed E-state index contributed by atoms with van der Waals surface area (Å²) >= 11 is 0. The van der Waals surface area contributed by atoms with Gasteiger partial charge in [0, 0.05) is 27.3 Å². The number of benzene rings is 6. The average Bonchev–Trinajstić information content (AvgIpc) is 3.49. The summed E-state index contributed by atoms with van der Waals surface area (Å²) in [4.78, 5) is 16.7. The zero-order chi connectivity index (χ0) is 32.0. The average molecular weight is 544 g/mol. The lowest BCUT2D eigenvalue weighted by Crippen LogP contribution is -2.18. The monoisotopic (exact) mass is 543 g/mol. The molecule has 0 unspecified atom stereocenters. The molecule has 0 aliphatic carbocycles. The van der Waals surface area contributed by atoms with E-state index in [-0.39, 0.29) is 23.2 Å². The van der Waals surface area contributed by atoms with Crippen molar-refractivity contribution < 1.29 is 11.3 Å². The minimum absolute atomic E-state index is 0.0429. The van der Waals surface area contributed by atoms with Gasteiger partial charge in [-0.2, -0.15) is 9.97 Å². The SMILES string of the molecule is [2H]c1c([2H])c([2H])c(-c2nc(-c3cccc4c3oc3ccccc34)nc(N3c4ccccc4-c4cccc5cccc3c45)n2)c([2H])c1[2H]. The van der Waals surface area contributed by atoms with Crippen molar-refractivity contribution in [2.75, 3.05) is 4.90 Å². The van der Waals surface area contributed by atoms with Crippen molar-refractivity contribution in [3.8, 4) is 33.9 Å². The van der Waals surface area contributed by atoms with E-state index >= 15 is 0 Å². The van der Waals surface area contributed by atoms with E-state index in [9.17, 15) is 0 Å². The number of para-hydroxylation sites is 3. The lowest BCUT2D eigenvalue weighted by Gasteiger charge is -2.32. The number of anilines is 3. The lowest BCUT2D eigenvalue weighted by atomic mass is 9.91. The first-order valence-electron chi connectivity index (χ1n) is 16.1. The molecular formula is C37H22N4O. The smallest absolute Gasteiger partial charge is 0.238 e. The Kier molecular flexibility index (Phi) is 3.90. The Morgan fingerprint density at radius 1 is 0.571 bits per heavy atom. The molecule has 1 aliphatic rings. The predicted octanol–water partition coefficient (Wildman–Crippen LogP) is 9.71. The molecule has 0 bridgehead atoms. The Balaban J connectivity index is 1.39. The van der Waals surface area contributed by atoms with Crippen LogP contribution in [0, 0.1) is 0 Å². The zero-order valence-electron chi connectivity index (χ0n) is 27.0. The van der Waals surface area contributed by atoms with E-state index in [1.807, 2.05) is 83.8 Å². The maximum Gasteiger partial charge on any atom is 0.238 e. The minimum atomic E-state index is -0.487. The quantitative estimate of drug-likeness (QED) is 0.222. The second-order valence-electron chi connectivity index (χ2n) is 10.1. The third-order valence-corrected chi connectivity index (χ3v) is 7.75. The minimum Gasteiger partial charge on any atom is -0.455 e. The van der Waals surface area contributed by atoms with Crippen LogP contribution in [0.3, 0.4) is 0 Å². The second kappa shape index (κ2) is 8.85. The number of hydrogen-bond donors (Lipinski definition) is 0. The molecule has 0 atom stereocenters. The van der Waals surface area contributed by atoms with Crippen molar-refractivity contribution >= 4 is 50.0 Å². The van der Waals surface area contributed by atoms with Crippen LogP contribution in [0.25, 0.3) is 66.6 Å². The topological polar surface area (TPSA) is 55.1 Å². The van der Waals surface area contributed by atoms with Gasteiger partial charge in [0.05, 0.1) is 23.8 Å². The second-order valence-corrected chi connectivity index (χ2v) is 10.1. The van der Waals surface area contributed by atoms with E-state index in [1.54, 1.807) is 0 Å². The number of furan rings is 1. The van der Waals surface area contributed by atoms with E-state index in [0.717, 1.165) is 44.0 Å². The Bertz CT molecular complexity index is 2580. The molecular weight excluding hydrogens is 516 g/mol. The van der Waals surface area contributed by atoms with Gasteiger partial charge in [0.1, 0.15) is 11.2 Å². The van der Waals surface area contributed by atoms with Crippen LogP contribution in [0.2, 0.25) is 0 Å². The molecule has 0 spiro atoms. The first-order valence-corrected chi connectivity index (χ1v) is 13.6. The van der Waals surface area contributed by atoms with Gasteiger partial charge in [0.2, 0.25) is 5.95 Å². The number of aromatic nitrogens is 3. The lowest BCUT2D eigenvalue weighted by molar-refractivity contribution is 0.669. The molecule has 196 valence electrons. The molecule has 3 heterocycles. The van der Waals surface area contributed by atoms with Gasteiger partial charge in [-0.15, -0.1) is 0 Å². The molecule has 0 N–H and O–H groups in total. The molecule has 8 aromatic rings. The van der Waals surface area contributed by atoms with Gasteiger partial charge in [-0.25, -0.2) is 4.98 Å². The van der Waals surface area contributed by atoms with Gasteiger partial charge in [0.15, 0.2) is 11.6 Å². The van der Waals surface area contributed by atoms with Gasteiger partial charge in [-0.3, -0.25) is 4.90 Å². The standard InChI is InChI=1S/C37H22N4O/c1-2-11-24(12-3-1)35-38-36(29-19-10-18-28-26-16-5-7-22-32(26)42-34(28)29)40-37(39-35)41-30-20-6-4-15-25(30)27-17-8-13-23-14-9-21-31(41)33(23)27/h1-22H/i1D,2D,3D,11D,12D. The summed E-state index contributed by atoms with van der Waals surface area (Å²) in [6.07, 6.45) is 0. The van der Waals surface area contributed by atoms with Crippen molar-refractivity contribution in [1.29, 1.82) is 0 Å². The van der Waals surface area contributed by atoms with Gasteiger partial charge in [0.25, 0.3) is 0 Å². The molecule has 5 nitrogen and oxygen atoms in total. The van der Waals surface area contributed by atoms with Crippen LogP contribution >= 0.6 is 0 Å². The summed E-state index contributed by atoms with van der Waals surface area (Å²) in [5.74, 6) is 0.433. The molecule has 0 saturated heterocycles. The number of rotatable bonds is 3. The van der Waals surface area contributed by atoms with Crippen LogP contribution in [-0.4, -0.2) is 15.0 Å². The maximum absolute atomic E-state index is 8.77. The van der Waals surface area contributed by atoms with Crippen molar-refractivity contribution in [3.05, 3.63) is 133 Å². The van der Waals surface area contributed by atoms with Crippen LogP contribution in [-0.2, 0) is 0 Å². The predicted molar refractivity (Wildman–Crippen MR) is 169 cm³/mol. The highest BCUT2D eigenvalue weighted by molar-refractivity contribution is 6.13. The molecule has 6 aromatic carbocycles. The fourth-order valence-electron chi connectivity index (χ4n) is 5.96. The van der Waals surface area contributed by atoms with Crippen molar-refractivity contribution in [3.63, 3.8) is 0 Å². The highest BCUT2D eigenvalue weighted by Gasteiger charge is 2.28. The molecule has 2 aromatic heterocycles. The van der Waals surface area contributed by atoms with E-state index in [2.05, 4.69) is 24.3 Å². The van der Waals surface area contributed by atoms with Gasteiger partial charge < -0.3 is 4.42 Å². The van der Waals surface area contributed by atoms with E-state index in [1.165, 1.54) is 0 Å². The van der Waals surface area contributed by atoms with Crippen molar-refractivity contribution in [1.82, 2.24) is 15.0 Å². The molecule has 0 amide bonds. The van der Waals surface area contributed by atoms with E-state index in [0.29, 0.717) is 16.7 Å². The summed E-state index contributed by atoms with van der Waals surface area (Å²) in [7, 11) is 0. The molecule has 0 saturated carbocycles. The van der Waals surface area contributed by atoms with Crippen LogP contribution in [0.4, 0.5) is 17.3 Å². The van der Waals surface area contributed by atoms with E-state index in [4.69, 9.17) is 26.2 Å². The van der Waals surface area contributed by atoms with Crippen LogP contribution < -0.4 is 4.90 Å². The fourth-order valence-corrected chi connectivity index (χ4v) is 5.96. The van der Waals surface area contributed by atoms with Crippen LogP contribution in [0.1, 0.15) is 6.85 Å². The molecule has 0 fully saturated rings. The third kappa shape index (κ3) is 3.34. The highest BCUT2D eigenvalue weighted by Crippen LogP contribution is 2.50. The van der Waals surface area contributed by atoms with Gasteiger partial charge >= 0.3 is 0 Å². The first kappa shape index (κ1) is 18.5. The molecule has 5 heteroatoms. The summed E-state index contributed by atoms with van der Waals surface area (Å²) in [5.41, 5.74) is 5.52. The molecule has 1 aliphatic heterocycles. The Morgan fingerprint density at radius 2 is 1.26 bits per heavy atom. The Morgan fingerprint density at radius 3 is 2.19 bits per heavy atom. The summed E-state index contributed by atoms with van der Waals surface area (Å²) in [5, 5.41) is 3.90. The maximum atomic E-state index is 8.77. The van der Waals surface area contributed by atoms with Gasteiger partial charge in [-0.1, -0.05) is 109 Å².